The Kier molecular flexibility index (Phi) is 3.57. The first-order valence-corrected chi connectivity index (χ1v) is 6.78. The van der Waals surface area contributed by atoms with E-state index in [-0.39, 0.29) is 11.6 Å². The largest absolute Gasteiger partial charge is 0.493 e. The van der Waals surface area contributed by atoms with Gasteiger partial charge in [-0.25, -0.2) is 9.48 Å². The lowest BCUT2D eigenvalue weighted by Crippen LogP contribution is -2.17. The molecule has 1 aliphatic heterocycles. The molecule has 0 saturated heterocycles. The number of carboxylic acids is 1. The molecule has 2 heterocycles. The Labute approximate surface area is 121 Å². The van der Waals surface area contributed by atoms with Crippen molar-refractivity contribution in [2.24, 2.45) is 5.73 Å². The van der Waals surface area contributed by atoms with E-state index in [9.17, 15) is 4.79 Å². The monoisotopic (exact) mass is 288 g/mol. The summed E-state index contributed by atoms with van der Waals surface area (Å²) in [6.07, 6.45) is 0.434. The van der Waals surface area contributed by atoms with E-state index < -0.39 is 5.97 Å². The molecule has 110 valence electrons. The summed E-state index contributed by atoms with van der Waals surface area (Å²) in [6, 6.07) is 7.84. The second kappa shape index (κ2) is 5.53. The van der Waals surface area contributed by atoms with Crippen LogP contribution in [-0.2, 0) is 13.0 Å². The molecule has 21 heavy (non-hydrogen) atoms. The molecule has 0 radical (unpaired) electrons. The van der Waals surface area contributed by atoms with Crippen molar-refractivity contribution in [1.82, 2.24) is 15.0 Å². The number of ether oxygens (including phenoxy) is 1. The molecule has 0 saturated carbocycles. The van der Waals surface area contributed by atoms with Gasteiger partial charge < -0.3 is 15.6 Å². The third-order valence-electron chi connectivity index (χ3n) is 3.61. The normalized spacial score (nSPS) is 16.5. The summed E-state index contributed by atoms with van der Waals surface area (Å²) in [5.74, 6) is -0.0599. The Morgan fingerprint density at radius 3 is 3.05 bits per heavy atom. The lowest BCUT2D eigenvalue weighted by atomic mass is 10.0. The van der Waals surface area contributed by atoms with E-state index in [0.717, 1.165) is 11.3 Å². The van der Waals surface area contributed by atoms with E-state index in [1.807, 2.05) is 24.3 Å². The minimum absolute atomic E-state index is 0.0207. The molecule has 0 aliphatic carbocycles. The van der Waals surface area contributed by atoms with Crippen molar-refractivity contribution in [1.29, 1.82) is 0 Å². The Balaban J connectivity index is 1.87. The van der Waals surface area contributed by atoms with Crippen LogP contribution in [0.4, 0.5) is 0 Å². The lowest BCUT2D eigenvalue weighted by Gasteiger charge is -2.11. The van der Waals surface area contributed by atoms with Crippen LogP contribution in [0, 0.1) is 0 Å². The molecule has 3 rings (SSSR count). The molecule has 1 aromatic heterocycles. The third kappa shape index (κ3) is 2.47. The van der Waals surface area contributed by atoms with Crippen molar-refractivity contribution < 1.29 is 14.6 Å². The molecule has 0 spiro atoms. The summed E-state index contributed by atoms with van der Waals surface area (Å²) in [4.78, 5) is 11.2. The van der Waals surface area contributed by atoms with Gasteiger partial charge in [0.05, 0.1) is 18.8 Å². The number of carboxylic acid groups (broad SMARTS) is 1. The maximum Gasteiger partial charge on any atom is 0.358 e. The lowest BCUT2D eigenvalue weighted by molar-refractivity contribution is 0.0689. The van der Waals surface area contributed by atoms with Gasteiger partial charge >= 0.3 is 5.97 Å². The van der Waals surface area contributed by atoms with Crippen LogP contribution in [-0.4, -0.2) is 39.2 Å². The van der Waals surface area contributed by atoms with E-state index >= 15 is 0 Å². The van der Waals surface area contributed by atoms with E-state index in [4.69, 9.17) is 15.6 Å². The van der Waals surface area contributed by atoms with Crippen molar-refractivity contribution >= 4 is 5.97 Å². The Morgan fingerprint density at radius 2 is 2.29 bits per heavy atom. The van der Waals surface area contributed by atoms with Crippen molar-refractivity contribution in [3.05, 3.63) is 41.2 Å². The minimum atomic E-state index is -1.08. The molecule has 7 heteroatoms. The SMILES string of the molecule is NCCc1c(C(=O)O)nnn1CC1COc2ccccc21. The van der Waals surface area contributed by atoms with E-state index in [1.54, 1.807) is 4.68 Å². The molecule has 1 atom stereocenters. The summed E-state index contributed by atoms with van der Waals surface area (Å²) in [7, 11) is 0. The first-order valence-electron chi connectivity index (χ1n) is 6.78. The van der Waals surface area contributed by atoms with Gasteiger partial charge in [0.1, 0.15) is 5.75 Å². The number of rotatable bonds is 5. The van der Waals surface area contributed by atoms with Gasteiger partial charge in [-0.1, -0.05) is 23.4 Å². The number of nitrogens with two attached hydrogens (primary N) is 1. The van der Waals surface area contributed by atoms with E-state index in [2.05, 4.69) is 10.3 Å². The highest BCUT2D eigenvalue weighted by Crippen LogP contribution is 2.34. The van der Waals surface area contributed by atoms with Gasteiger partial charge in [0.15, 0.2) is 5.69 Å². The quantitative estimate of drug-likeness (QED) is 0.837. The topological polar surface area (TPSA) is 103 Å². The fourth-order valence-corrected chi connectivity index (χ4v) is 2.62. The Morgan fingerprint density at radius 1 is 1.48 bits per heavy atom. The minimum Gasteiger partial charge on any atom is -0.493 e. The van der Waals surface area contributed by atoms with Crippen LogP contribution in [0.2, 0.25) is 0 Å². The van der Waals surface area contributed by atoms with Crippen molar-refractivity contribution in [2.75, 3.05) is 13.2 Å². The predicted octanol–water partition coefficient (Wildman–Crippen LogP) is 0.654. The second-order valence-electron chi connectivity index (χ2n) is 4.96. The van der Waals surface area contributed by atoms with Gasteiger partial charge in [0.2, 0.25) is 0 Å². The molecular weight excluding hydrogens is 272 g/mol. The van der Waals surface area contributed by atoms with Crippen molar-refractivity contribution in [3.63, 3.8) is 0 Å². The number of carbonyl (C=O) groups is 1. The van der Waals surface area contributed by atoms with E-state index in [1.165, 1.54) is 0 Å². The molecule has 1 aliphatic rings. The molecule has 2 aromatic rings. The number of nitrogens with zero attached hydrogens (tertiary/aromatic N) is 3. The Bertz CT molecular complexity index is 668. The van der Waals surface area contributed by atoms with Gasteiger partial charge in [-0.2, -0.15) is 0 Å². The highest BCUT2D eigenvalue weighted by Gasteiger charge is 2.26. The van der Waals surface area contributed by atoms with Crippen LogP contribution < -0.4 is 10.5 Å². The van der Waals surface area contributed by atoms with Gasteiger partial charge in [-0.15, -0.1) is 5.10 Å². The third-order valence-corrected chi connectivity index (χ3v) is 3.61. The van der Waals surface area contributed by atoms with Gasteiger partial charge in [0, 0.05) is 17.9 Å². The number of hydrogen-bond donors (Lipinski definition) is 2. The second-order valence-corrected chi connectivity index (χ2v) is 4.96. The van der Waals surface area contributed by atoms with Crippen molar-refractivity contribution in [3.8, 4) is 5.75 Å². The first kappa shape index (κ1) is 13.6. The molecule has 7 nitrogen and oxygen atoms in total. The molecule has 3 N–H and O–H groups in total. The highest BCUT2D eigenvalue weighted by molar-refractivity contribution is 5.86. The van der Waals surface area contributed by atoms with Crippen LogP contribution in [0.3, 0.4) is 0 Å². The fraction of sp³-hybridized carbons (Fsp3) is 0.357. The smallest absolute Gasteiger partial charge is 0.358 e. The summed E-state index contributed by atoms with van der Waals surface area (Å²) in [5, 5.41) is 16.9. The average molecular weight is 288 g/mol. The molecule has 1 unspecified atom stereocenters. The van der Waals surface area contributed by atoms with Crippen LogP contribution in [0.1, 0.15) is 27.7 Å². The Hall–Kier alpha value is -2.41. The van der Waals surface area contributed by atoms with E-state index in [0.29, 0.717) is 31.8 Å². The van der Waals surface area contributed by atoms with Crippen LogP contribution in [0.5, 0.6) is 5.75 Å². The standard InChI is InChI=1S/C14H16N4O3/c15-6-5-11-13(14(19)20)16-17-18(11)7-9-8-21-12-4-2-1-3-10(9)12/h1-4,9H,5-8,15H2,(H,19,20). The highest BCUT2D eigenvalue weighted by atomic mass is 16.5. The number of hydrogen-bond acceptors (Lipinski definition) is 5. The zero-order chi connectivity index (χ0) is 14.8. The van der Waals surface area contributed by atoms with Crippen LogP contribution in [0.15, 0.2) is 24.3 Å². The number of benzene rings is 1. The summed E-state index contributed by atoms with van der Waals surface area (Å²) < 4.78 is 7.27. The maximum atomic E-state index is 11.2. The molecule has 0 fully saturated rings. The zero-order valence-electron chi connectivity index (χ0n) is 11.4. The molecule has 0 bridgehead atoms. The number of aromatic nitrogens is 3. The summed E-state index contributed by atoms with van der Waals surface area (Å²) in [5.41, 5.74) is 7.21. The summed E-state index contributed by atoms with van der Waals surface area (Å²) in [6.45, 7) is 1.45. The summed E-state index contributed by atoms with van der Waals surface area (Å²) >= 11 is 0. The predicted molar refractivity (Wildman–Crippen MR) is 74.4 cm³/mol. The fourth-order valence-electron chi connectivity index (χ4n) is 2.62. The number of fused-ring (bicyclic) bond motifs is 1. The molecule has 1 aromatic carbocycles. The maximum absolute atomic E-state index is 11.2. The van der Waals surface area contributed by atoms with Gasteiger partial charge in [-0.05, 0) is 12.6 Å². The molecular formula is C14H16N4O3. The average Bonchev–Trinajstić information content (AvgIpc) is 3.06. The zero-order valence-corrected chi connectivity index (χ0v) is 11.4. The van der Waals surface area contributed by atoms with Gasteiger partial charge in [-0.3, -0.25) is 0 Å². The van der Waals surface area contributed by atoms with Crippen molar-refractivity contribution in [2.45, 2.75) is 18.9 Å². The van der Waals surface area contributed by atoms with Gasteiger partial charge in [0.25, 0.3) is 0 Å². The van der Waals surface area contributed by atoms with Crippen LogP contribution >= 0.6 is 0 Å². The molecule has 0 amide bonds. The number of para-hydroxylation sites is 1. The number of aromatic carboxylic acids is 1. The first-order chi connectivity index (χ1) is 10.2. The van der Waals surface area contributed by atoms with Crippen LogP contribution in [0.25, 0.3) is 0 Å².